The standard InChI is InChI=1S/C7H9N3.K.Re/c8-7-9-5-6-3-1-2-4-10(6)7;;/h2-3,5H,1,4H2,(H2,8,9);;/q-2;+1;. The summed E-state index contributed by atoms with van der Waals surface area (Å²) in [4.78, 5) is 3.99. The third-order valence-corrected chi connectivity index (χ3v) is 1.72. The van der Waals surface area contributed by atoms with Crippen molar-refractivity contribution in [3.63, 3.8) is 0 Å². The first-order chi connectivity index (χ1) is 4.88. The van der Waals surface area contributed by atoms with E-state index in [-0.39, 0.29) is 71.8 Å². The number of rotatable bonds is 0. The number of nitrogens with zero attached hydrogens (tertiary/aromatic N) is 2. The van der Waals surface area contributed by atoms with Crippen molar-refractivity contribution in [2.24, 2.45) is 0 Å². The number of hydrogen-bond acceptors (Lipinski definition) is 2. The van der Waals surface area contributed by atoms with Gasteiger partial charge in [-0.3, -0.25) is 0 Å². The van der Waals surface area contributed by atoms with E-state index < -0.39 is 0 Å². The average molecular weight is 360 g/mol. The molecule has 12 heavy (non-hydrogen) atoms. The minimum atomic E-state index is 0. The van der Waals surface area contributed by atoms with Crippen LogP contribution in [0.4, 0.5) is 5.95 Å². The molecule has 0 amide bonds. The summed E-state index contributed by atoms with van der Waals surface area (Å²) in [5, 5.41) is 0. The first-order valence-electron chi connectivity index (χ1n) is 3.34. The molecule has 0 unspecified atom stereocenters. The van der Waals surface area contributed by atoms with Gasteiger partial charge in [-0.05, 0) is 0 Å². The second kappa shape index (κ2) is 5.81. The average Bonchev–Trinajstić information content (AvgIpc) is 2.34. The van der Waals surface area contributed by atoms with Crippen LogP contribution in [0.3, 0.4) is 0 Å². The van der Waals surface area contributed by atoms with Crippen molar-refractivity contribution in [1.82, 2.24) is 9.55 Å². The molecule has 1 aliphatic rings. The molecule has 1 radical (unpaired) electrons. The molecule has 1 aromatic heterocycles. The zero-order valence-corrected chi connectivity index (χ0v) is 12.8. The molecule has 0 aliphatic carbocycles. The number of fused-ring (bicyclic) bond motifs is 1. The van der Waals surface area contributed by atoms with Crippen LogP contribution in [0.15, 0.2) is 6.20 Å². The Morgan fingerprint density at radius 1 is 1.58 bits per heavy atom. The number of imidazole rings is 1. The molecule has 61 valence electrons. The fourth-order valence-corrected chi connectivity index (χ4v) is 1.17. The summed E-state index contributed by atoms with van der Waals surface area (Å²) in [5.41, 5.74) is 6.71. The van der Waals surface area contributed by atoms with Crippen LogP contribution in [0.5, 0.6) is 0 Å². The molecule has 0 fully saturated rings. The number of hydrogen-bond donors (Lipinski definition) is 1. The molecule has 1 aliphatic heterocycles. The minimum Gasteiger partial charge on any atom is -0.377 e. The van der Waals surface area contributed by atoms with Gasteiger partial charge in [0.05, 0.1) is 0 Å². The van der Waals surface area contributed by atoms with Gasteiger partial charge in [0.1, 0.15) is 0 Å². The van der Waals surface area contributed by atoms with Crippen molar-refractivity contribution in [2.45, 2.75) is 13.0 Å². The molecule has 0 saturated heterocycles. The molecular weight excluding hydrogens is 351 g/mol. The molecule has 0 atom stereocenters. The Morgan fingerprint density at radius 3 is 3.00 bits per heavy atom. The summed E-state index contributed by atoms with van der Waals surface area (Å²) >= 11 is 0. The normalized spacial score (nSPS) is 13.3. The van der Waals surface area contributed by atoms with Crippen molar-refractivity contribution < 1.29 is 71.8 Å². The molecule has 2 rings (SSSR count). The number of nitrogen functional groups attached to an aromatic ring is 1. The molecule has 5 heteroatoms. The van der Waals surface area contributed by atoms with Crippen molar-refractivity contribution in [3.05, 3.63) is 24.7 Å². The fraction of sp³-hybridized carbons (Fsp3) is 0.286. The molecule has 0 aromatic carbocycles. The van der Waals surface area contributed by atoms with Crippen LogP contribution in [0.25, 0.3) is 0 Å². The van der Waals surface area contributed by atoms with Gasteiger partial charge in [-0.1, -0.05) is 6.20 Å². The van der Waals surface area contributed by atoms with Gasteiger partial charge in [0.25, 0.3) is 0 Å². The Morgan fingerprint density at radius 2 is 2.33 bits per heavy atom. The maximum Gasteiger partial charge on any atom is 1.00 e. The SMILES string of the molecule is Nc1ncc2n1C[CH-]C[CH-]2.[K+].[Re]. The van der Waals surface area contributed by atoms with Gasteiger partial charge in [0.2, 0.25) is 0 Å². The summed E-state index contributed by atoms with van der Waals surface area (Å²) in [6.07, 6.45) is 7.13. The van der Waals surface area contributed by atoms with Gasteiger partial charge in [-0.25, -0.2) is 12.8 Å². The molecule has 2 N–H and O–H groups in total. The smallest absolute Gasteiger partial charge is 0.377 e. The summed E-state index contributed by atoms with van der Waals surface area (Å²) in [6.45, 7) is 0.900. The van der Waals surface area contributed by atoms with E-state index in [4.69, 9.17) is 5.73 Å². The zero-order valence-electron chi connectivity index (χ0n) is 7.00. The van der Waals surface area contributed by atoms with Crippen LogP contribution in [-0.4, -0.2) is 9.55 Å². The summed E-state index contributed by atoms with van der Waals surface area (Å²) in [7, 11) is 0. The van der Waals surface area contributed by atoms with Crippen molar-refractivity contribution >= 4 is 5.95 Å². The van der Waals surface area contributed by atoms with Crippen molar-refractivity contribution in [2.75, 3.05) is 5.73 Å². The van der Waals surface area contributed by atoms with Crippen LogP contribution in [0, 0.1) is 12.8 Å². The Balaban J connectivity index is 0.000000605. The fourth-order valence-electron chi connectivity index (χ4n) is 1.17. The van der Waals surface area contributed by atoms with Crippen LogP contribution in [0.1, 0.15) is 12.1 Å². The first kappa shape index (κ1) is 13.2. The number of anilines is 1. The maximum absolute atomic E-state index is 5.57. The molecule has 2 heterocycles. The van der Waals surface area contributed by atoms with E-state index in [0.29, 0.717) is 5.95 Å². The first-order valence-corrected chi connectivity index (χ1v) is 3.34. The van der Waals surface area contributed by atoms with E-state index in [1.54, 1.807) is 0 Å². The number of aromatic nitrogens is 2. The van der Waals surface area contributed by atoms with Crippen molar-refractivity contribution in [1.29, 1.82) is 0 Å². The Kier molecular flexibility index (Phi) is 6.39. The van der Waals surface area contributed by atoms with Crippen LogP contribution < -0.4 is 57.1 Å². The van der Waals surface area contributed by atoms with Crippen LogP contribution in [0.2, 0.25) is 0 Å². The largest absolute Gasteiger partial charge is 1.00 e. The van der Waals surface area contributed by atoms with E-state index in [1.165, 1.54) is 0 Å². The Hall–Kier alpha value is 1.18. The van der Waals surface area contributed by atoms with Gasteiger partial charge in [0.15, 0.2) is 5.95 Å². The monoisotopic (exact) mass is 361 g/mol. The van der Waals surface area contributed by atoms with E-state index in [2.05, 4.69) is 17.8 Å². The molecule has 0 bridgehead atoms. The van der Waals surface area contributed by atoms with E-state index in [1.807, 2.05) is 10.8 Å². The second-order valence-electron chi connectivity index (χ2n) is 2.38. The molecule has 3 nitrogen and oxygen atoms in total. The molecule has 1 aromatic rings. The van der Waals surface area contributed by atoms with E-state index >= 15 is 0 Å². The van der Waals surface area contributed by atoms with Gasteiger partial charge < -0.3 is 21.7 Å². The predicted molar refractivity (Wildman–Crippen MR) is 39.0 cm³/mol. The molecule has 0 spiro atoms. The number of nitrogens with two attached hydrogens (primary N) is 1. The van der Waals surface area contributed by atoms with Crippen LogP contribution in [-0.2, 0) is 27.0 Å². The Labute approximate surface area is 129 Å². The minimum absolute atomic E-state index is 0. The zero-order chi connectivity index (χ0) is 6.97. The second-order valence-corrected chi connectivity index (χ2v) is 2.38. The van der Waals surface area contributed by atoms with Gasteiger partial charge in [-0.15, -0.1) is 12.2 Å². The van der Waals surface area contributed by atoms with Gasteiger partial charge >= 0.3 is 51.4 Å². The van der Waals surface area contributed by atoms with Gasteiger partial charge in [0, 0.05) is 20.4 Å². The van der Waals surface area contributed by atoms with E-state index in [9.17, 15) is 0 Å². The summed E-state index contributed by atoms with van der Waals surface area (Å²) < 4.78 is 1.99. The summed E-state index contributed by atoms with van der Waals surface area (Å²) in [6, 6.07) is 0. The van der Waals surface area contributed by atoms with Crippen LogP contribution >= 0.6 is 0 Å². The topological polar surface area (TPSA) is 43.8 Å². The third-order valence-electron chi connectivity index (χ3n) is 1.72. The third kappa shape index (κ3) is 2.58. The van der Waals surface area contributed by atoms with Gasteiger partial charge in [-0.2, -0.15) is 0 Å². The molecular formula is C7H9KN3Re-. The Bertz CT molecular complexity index is 249. The van der Waals surface area contributed by atoms with E-state index in [0.717, 1.165) is 18.7 Å². The summed E-state index contributed by atoms with van der Waals surface area (Å²) in [5.74, 6) is 0.613. The van der Waals surface area contributed by atoms with Crippen molar-refractivity contribution in [3.8, 4) is 0 Å². The maximum atomic E-state index is 5.57. The quantitative estimate of drug-likeness (QED) is 0.415. The molecule has 0 saturated carbocycles. The predicted octanol–water partition coefficient (Wildman–Crippen LogP) is -2.37.